The van der Waals surface area contributed by atoms with Crippen molar-refractivity contribution in [1.82, 2.24) is 4.72 Å². The lowest BCUT2D eigenvalue weighted by molar-refractivity contribution is -0.137. The molecule has 1 aliphatic rings. The molecule has 2 N–H and O–H groups in total. The first-order chi connectivity index (χ1) is 14.9. The Balaban J connectivity index is 1.57. The summed E-state index contributed by atoms with van der Waals surface area (Å²) in [5.74, 6) is -0.670. The number of nitrogens with zero attached hydrogens (tertiary/aromatic N) is 1. The number of hydrogen-bond acceptors (Lipinski definition) is 4. The highest BCUT2D eigenvalue weighted by Crippen LogP contribution is 2.34. The highest BCUT2D eigenvalue weighted by atomic mass is 32.2. The van der Waals surface area contributed by atoms with E-state index in [0.29, 0.717) is 12.1 Å². The van der Waals surface area contributed by atoms with E-state index >= 15 is 0 Å². The van der Waals surface area contributed by atoms with E-state index in [0.717, 1.165) is 29.8 Å². The first-order valence-corrected chi connectivity index (χ1v) is 11.3. The van der Waals surface area contributed by atoms with Crippen molar-refractivity contribution >= 4 is 33.2 Å². The summed E-state index contributed by atoms with van der Waals surface area (Å²) in [7, 11) is -3.89. The fraction of sp³-hybridized carbons (Fsp3) is 0.333. The second-order valence-corrected chi connectivity index (χ2v) is 9.27. The third kappa shape index (κ3) is 5.28. The van der Waals surface area contributed by atoms with Gasteiger partial charge < -0.3 is 10.2 Å². The molecule has 0 radical (unpaired) electrons. The summed E-state index contributed by atoms with van der Waals surface area (Å²) in [4.78, 5) is 25.4. The van der Waals surface area contributed by atoms with Crippen LogP contribution in [0, 0.1) is 0 Å². The Hall–Kier alpha value is -2.92. The van der Waals surface area contributed by atoms with Crippen molar-refractivity contribution in [3.05, 3.63) is 53.6 Å². The van der Waals surface area contributed by atoms with Gasteiger partial charge in [0, 0.05) is 37.3 Å². The van der Waals surface area contributed by atoms with Crippen LogP contribution in [0.15, 0.2) is 47.4 Å². The molecule has 3 rings (SSSR count). The van der Waals surface area contributed by atoms with Crippen LogP contribution in [-0.2, 0) is 32.2 Å². The lowest BCUT2D eigenvalue weighted by Crippen LogP contribution is -2.33. The van der Waals surface area contributed by atoms with Gasteiger partial charge >= 0.3 is 6.18 Å². The summed E-state index contributed by atoms with van der Waals surface area (Å²) < 4.78 is 65.2. The normalized spacial score (nSPS) is 16.0. The number of carbonyl (C=O) groups is 2. The van der Waals surface area contributed by atoms with Gasteiger partial charge in [-0.3, -0.25) is 9.59 Å². The number of anilines is 2. The number of rotatable bonds is 6. The zero-order valence-electron chi connectivity index (χ0n) is 17.4. The molecule has 0 bridgehead atoms. The maximum Gasteiger partial charge on any atom is 0.416 e. The third-order valence-electron chi connectivity index (χ3n) is 5.06. The molecule has 1 atom stereocenters. The predicted octanol–water partition coefficient (Wildman–Crippen LogP) is 3.31. The molecule has 0 fully saturated rings. The summed E-state index contributed by atoms with van der Waals surface area (Å²) in [6.45, 7) is 3.14. The summed E-state index contributed by atoms with van der Waals surface area (Å²) in [5.41, 5.74) is 0.766. The molecule has 0 aliphatic carbocycles. The van der Waals surface area contributed by atoms with Crippen LogP contribution in [0.1, 0.15) is 31.4 Å². The number of fused-ring (bicyclic) bond motifs is 1. The molecule has 1 aliphatic heterocycles. The third-order valence-corrected chi connectivity index (χ3v) is 6.51. The highest BCUT2D eigenvalue weighted by Gasteiger charge is 2.31. The molecule has 1 unspecified atom stereocenters. The Morgan fingerprint density at radius 2 is 1.78 bits per heavy atom. The summed E-state index contributed by atoms with van der Waals surface area (Å²) >= 11 is 0. The lowest BCUT2D eigenvalue weighted by Gasteiger charge is -2.20. The molecule has 32 heavy (non-hydrogen) atoms. The van der Waals surface area contributed by atoms with Gasteiger partial charge in [-0.1, -0.05) is 0 Å². The van der Waals surface area contributed by atoms with Crippen LogP contribution in [0.4, 0.5) is 24.5 Å². The number of sulfonamides is 1. The zero-order chi connectivity index (χ0) is 23.7. The van der Waals surface area contributed by atoms with Crippen molar-refractivity contribution in [3.63, 3.8) is 0 Å². The van der Waals surface area contributed by atoms with Crippen LogP contribution >= 0.6 is 0 Å². The van der Waals surface area contributed by atoms with E-state index in [1.165, 1.54) is 19.1 Å². The van der Waals surface area contributed by atoms with E-state index in [2.05, 4.69) is 10.0 Å². The number of halogens is 3. The number of alkyl halides is 3. The molecule has 2 aromatic rings. The van der Waals surface area contributed by atoms with Gasteiger partial charge in [-0.15, -0.1) is 0 Å². The van der Waals surface area contributed by atoms with E-state index in [1.807, 2.05) is 6.92 Å². The smallest absolute Gasteiger partial charge is 0.326 e. The van der Waals surface area contributed by atoms with Gasteiger partial charge in [-0.25, -0.2) is 13.1 Å². The summed E-state index contributed by atoms with van der Waals surface area (Å²) in [5, 5.41) is 2.42. The van der Waals surface area contributed by atoms with Gasteiger partial charge in [0.1, 0.15) is 0 Å². The molecule has 7 nitrogen and oxygen atoms in total. The van der Waals surface area contributed by atoms with Crippen molar-refractivity contribution in [1.29, 1.82) is 0 Å². The van der Waals surface area contributed by atoms with Crippen LogP contribution in [0.3, 0.4) is 0 Å². The molecule has 0 aromatic heterocycles. The fourth-order valence-electron chi connectivity index (χ4n) is 3.60. The standard InChI is InChI=1S/C21H22F3N3O4S/c1-13-11-15-12-18(7-8-19(15)27(13)14(2)28)32(30,31)25-10-9-20(29)26-17-5-3-16(4-6-17)21(22,23)24/h3-8,12-13,25H,9-11H2,1-2H3,(H,26,29). The molecular formula is C21H22F3N3O4S. The maximum atomic E-state index is 12.6. The second-order valence-electron chi connectivity index (χ2n) is 7.50. The molecule has 1 heterocycles. The molecule has 11 heteroatoms. The largest absolute Gasteiger partial charge is 0.416 e. The Morgan fingerprint density at radius 3 is 2.38 bits per heavy atom. The topological polar surface area (TPSA) is 95.6 Å². The molecular weight excluding hydrogens is 447 g/mol. The second kappa shape index (κ2) is 8.91. The van der Waals surface area contributed by atoms with Crippen LogP contribution in [-0.4, -0.2) is 32.8 Å². The monoisotopic (exact) mass is 469 g/mol. The van der Waals surface area contributed by atoms with Crippen LogP contribution in [0.5, 0.6) is 0 Å². The number of benzene rings is 2. The molecule has 0 saturated heterocycles. The molecule has 0 saturated carbocycles. The number of nitrogens with one attached hydrogen (secondary N) is 2. The highest BCUT2D eigenvalue weighted by molar-refractivity contribution is 7.89. The SMILES string of the molecule is CC(=O)N1c2ccc(S(=O)(=O)NCCC(=O)Nc3ccc(C(F)(F)F)cc3)cc2CC1C. The molecule has 2 aromatic carbocycles. The van der Waals surface area contributed by atoms with E-state index in [9.17, 15) is 31.2 Å². The first kappa shape index (κ1) is 23.7. The Morgan fingerprint density at radius 1 is 1.12 bits per heavy atom. The van der Waals surface area contributed by atoms with Crippen LogP contribution in [0.25, 0.3) is 0 Å². The van der Waals surface area contributed by atoms with Crippen LogP contribution in [0.2, 0.25) is 0 Å². The number of amides is 2. The molecule has 0 spiro atoms. The van der Waals surface area contributed by atoms with Crippen molar-refractivity contribution in [2.75, 3.05) is 16.8 Å². The number of hydrogen-bond donors (Lipinski definition) is 2. The van der Waals surface area contributed by atoms with Gasteiger partial charge in [-0.2, -0.15) is 13.2 Å². The summed E-state index contributed by atoms with van der Waals surface area (Å²) in [6, 6.07) is 8.38. The fourth-order valence-corrected chi connectivity index (χ4v) is 4.68. The zero-order valence-corrected chi connectivity index (χ0v) is 18.2. The average molecular weight is 469 g/mol. The Bertz CT molecular complexity index is 1130. The van der Waals surface area contributed by atoms with E-state index in [4.69, 9.17) is 0 Å². The predicted molar refractivity (Wildman–Crippen MR) is 113 cm³/mol. The average Bonchev–Trinajstić information content (AvgIpc) is 3.02. The van der Waals surface area contributed by atoms with Gasteiger partial charge in [0.15, 0.2) is 0 Å². The molecule has 172 valence electrons. The van der Waals surface area contributed by atoms with E-state index in [-0.39, 0.29) is 35.5 Å². The van der Waals surface area contributed by atoms with E-state index < -0.39 is 27.7 Å². The Labute approximate surface area is 183 Å². The van der Waals surface area contributed by atoms with E-state index in [1.54, 1.807) is 11.0 Å². The van der Waals surface area contributed by atoms with Gasteiger partial charge in [0.2, 0.25) is 21.8 Å². The van der Waals surface area contributed by atoms with Crippen molar-refractivity contribution in [2.45, 2.75) is 43.8 Å². The minimum atomic E-state index is -4.47. The Kier molecular flexibility index (Phi) is 6.61. The minimum Gasteiger partial charge on any atom is -0.326 e. The summed E-state index contributed by atoms with van der Waals surface area (Å²) in [6.07, 6.45) is -4.14. The van der Waals surface area contributed by atoms with Crippen molar-refractivity contribution < 1.29 is 31.2 Å². The van der Waals surface area contributed by atoms with Crippen molar-refractivity contribution in [2.24, 2.45) is 0 Å². The van der Waals surface area contributed by atoms with Gasteiger partial charge in [0.05, 0.1) is 10.5 Å². The quantitative estimate of drug-likeness (QED) is 0.679. The van der Waals surface area contributed by atoms with Gasteiger partial charge in [-0.05, 0) is 61.4 Å². The van der Waals surface area contributed by atoms with Crippen LogP contribution < -0.4 is 14.9 Å². The number of carbonyl (C=O) groups excluding carboxylic acids is 2. The minimum absolute atomic E-state index is 0.0250. The first-order valence-electron chi connectivity index (χ1n) is 9.78. The lowest BCUT2D eigenvalue weighted by atomic mass is 10.1. The maximum absolute atomic E-state index is 12.6. The van der Waals surface area contributed by atoms with Gasteiger partial charge in [0.25, 0.3) is 0 Å². The molecule has 2 amide bonds. The van der Waals surface area contributed by atoms with Crippen molar-refractivity contribution in [3.8, 4) is 0 Å².